The van der Waals surface area contributed by atoms with Crippen LogP contribution < -0.4 is 10.3 Å². The summed E-state index contributed by atoms with van der Waals surface area (Å²) in [6, 6.07) is 0. The summed E-state index contributed by atoms with van der Waals surface area (Å²) in [4.78, 5) is 17.9. The van der Waals surface area contributed by atoms with Crippen LogP contribution in [0.5, 0.6) is 5.88 Å². The summed E-state index contributed by atoms with van der Waals surface area (Å²) in [5, 5.41) is 0. The molecule has 1 aliphatic carbocycles. The molecule has 1 saturated carbocycles. The summed E-state index contributed by atoms with van der Waals surface area (Å²) in [6.45, 7) is 6.49. The van der Waals surface area contributed by atoms with Crippen molar-refractivity contribution in [2.75, 3.05) is 0 Å². The molecule has 104 valence electrons. The van der Waals surface area contributed by atoms with Gasteiger partial charge in [0, 0.05) is 11.8 Å². The first-order valence-corrected chi connectivity index (χ1v) is 7.35. The van der Waals surface area contributed by atoms with E-state index in [-0.39, 0.29) is 17.1 Å². The van der Waals surface area contributed by atoms with Gasteiger partial charge in [0.15, 0.2) is 4.77 Å². The molecule has 4 nitrogen and oxygen atoms in total. The molecule has 2 heterocycles. The number of hydrogen-bond acceptors (Lipinski definition) is 3. The minimum Gasteiger partial charge on any atom is -0.472 e. The summed E-state index contributed by atoms with van der Waals surface area (Å²) >= 11 is 5.04. The van der Waals surface area contributed by atoms with Gasteiger partial charge in [-0.25, -0.2) is 0 Å². The van der Waals surface area contributed by atoms with E-state index in [0.29, 0.717) is 22.5 Å². The predicted octanol–water partition coefficient (Wildman–Crippen LogP) is 3.12. The number of nitrogens with one attached hydrogen (secondary N) is 2. The minimum absolute atomic E-state index is 0.0849. The fraction of sp³-hybridized carbons (Fsp3) is 0.714. The van der Waals surface area contributed by atoms with Gasteiger partial charge in [-0.2, -0.15) is 0 Å². The van der Waals surface area contributed by atoms with E-state index in [2.05, 4.69) is 30.7 Å². The summed E-state index contributed by atoms with van der Waals surface area (Å²) in [5.74, 6) is 1.92. The van der Waals surface area contributed by atoms with Crippen LogP contribution in [0.3, 0.4) is 0 Å². The minimum atomic E-state index is -0.246. The summed E-state index contributed by atoms with van der Waals surface area (Å²) in [5.41, 5.74) is 0.437. The van der Waals surface area contributed by atoms with E-state index < -0.39 is 0 Å². The van der Waals surface area contributed by atoms with Gasteiger partial charge < -0.3 is 9.72 Å². The van der Waals surface area contributed by atoms with E-state index in [1.807, 2.05) is 0 Å². The van der Waals surface area contributed by atoms with E-state index in [1.165, 1.54) is 6.42 Å². The fourth-order valence-electron chi connectivity index (χ4n) is 3.76. The molecule has 3 rings (SSSR count). The Labute approximate surface area is 117 Å². The van der Waals surface area contributed by atoms with Crippen LogP contribution in [-0.4, -0.2) is 15.6 Å². The van der Waals surface area contributed by atoms with Crippen molar-refractivity contribution >= 4 is 12.2 Å². The van der Waals surface area contributed by atoms with Crippen LogP contribution in [0.25, 0.3) is 0 Å². The largest absolute Gasteiger partial charge is 0.472 e. The first-order valence-electron chi connectivity index (χ1n) is 6.94. The standard InChI is InChI=1S/C14H20N2O2S/c1-7-4-5-9-8(6-7)10-11(17)15-13(19)16-12(10)18-14(9,2)3/h7-9H,4-6H2,1-3H3,(H2,15,16,17,19)/t7-,8+,9+/m0/s1. The Kier molecular flexibility index (Phi) is 2.85. The fourth-order valence-corrected chi connectivity index (χ4v) is 3.95. The summed E-state index contributed by atoms with van der Waals surface area (Å²) in [7, 11) is 0. The first kappa shape index (κ1) is 12.9. The molecule has 3 atom stereocenters. The molecule has 2 N–H and O–H groups in total. The molecule has 0 spiro atoms. The molecule has 1 aromatic rings. The zero-order valence-corrected chi connectivity index (χ0v) is 12.4. The molecule has 0 bridgehead atoms. The Bertz CT molecular complexity index is 617. The number of H-pyrrole nitrogens is 2. The van der Waals surface area contributed by atoms with E-state index in [9.17, 15) is 4.79 Å². The van der Waals surface area contributed by atoms with Crippen molar-refractivity contribution in [2.24, 2.45) is 11.8 Å². The average molecular weight is 280 g/mol. The van der Waals surface area contributed by atoms with Crippen LogP contribution >= 0.6 is 12.2 Å². The topological polar surface area (TPSA) is 57.9 Å². The Morgan fingerprint density at radius 2 is 2.05 bits per heavy atom. The van der Waals surface area contributed by atoms with Crippen LogP contribution in [0, 0.1) is 16.6 Å². The van der Waals surface area contributed by atoms with Crippen molar-refractivity contribution < 1.29 is 4.74 Å². The quantitative estimate of drug-likeness (QED) is 0.718. The van der Waals surface area contributed by atoms with E-state index in [0.717, 1.165) is 18.4 Å². The normalized spacial score (nSPS) is 32.1. The molecular weight excluding hydrogens is 260 g/mol. The van der Waals surface area contributed by atoms with Gasteiger partial charge in [-0.15, -0.1) is 0 Å². The molecule has 0 amide bonds. The van der Waals surface area contributed by atoms with Crippen molar-refractivity contribution in [3.8, 4) is 5.88 Å². The second kappa shape index (κ2) is 4.20. The maximum absolute atomic E-state index is 12.2. The van der Waals surface area contributed by atoms with Crippen LogP contribution in [0.4, 0.5) is 0 Å². The highest BCUT2D eigenvalue weighted by molar-refractivity contribution is 7.71. The van der Waals surface area contributed by atoms with Gasteiger partial charge in [0.25, 0.3) is 5.56 Å². The Hall–Kier alpha value is -1.10. The molecule has 1 aromatic heterocycles. The van der Waals surface area contributed by atoms with Crippen molar-refractivity contribution in [1.29, 1.82) is 0 Å². The van der Waals surface area contributed by atoms with Crippen molar-refractivity contribution in [1.82, 2.24) is 9.97 Å². The number of hydrogen-bond donors (Lipinski definition) is 2. The highest BCUT2D eigenvalue weighted by atomic mass is 32.1. The van der Waals surface area contributed by atoms with E-state index in [1.54, 1.807) is 0 Å². The van der Waals surface area contributed by atoms with Crippen molar-refractivity contribution in [3.63, 3.8) is 0 Å². The summed E-state index contributed by atoms with van der Waals surface area (Å²) < 4.78 is 6.38. The van der Waals surface area contributed by atoms with Gasteiger partial charge in [-0.05, 0) is 44.8 Å². The number of aromatic nitrogens is 2. The van der Waals surface area contributed by atoms with Gasteiger partial charge in [0.1, 0.15) is 5.60 Å². The third-order valence-corrected chi connectivity index (χ3v) is 4.89. The molecule has 19 heavy (non-hydrogen) atoms. The lowest BCUT2D eigenvalue weighted by Gasteiger charge is -2.47. The number of rotatable bonds is 0. The van der Waals surface area contributed by atoms with Crippen LogP contribution in [-0.2, 0) is 0 Å². The lowest BCUT2D eigenvalue weighted by molar-refractivity contribution is -0.0186. The van der Waals surface area contributed by atoms with Crippen molar-refractivity contribution in [2.45, 2.75) is 51.6 Å². The number of ether oxygens (including phenoxy) is 1. The Morgan fingerprint density at radius 3 is 2.79 bits per heavy atom. The molecular formula is C14H20N2O2S. The second-order valence-electron chi connectivity index (χ2n) is 6.49. The zero-order valence-electron chi connectivity index (χ0n) is 11.6. The zero-order chi connectivity index (χ0) is 13.8. The monoisotopic (exact) mass is 280 g/mol. The van der Waals surface area contributed by atoms with Crippen LogP contribution in [0.1, 0.15) is 51.5 Å². The Balaban J connectivity index is 2.18. The molecule has 0 radical (unpaired) electrons. The smallest absolute Gasteiger partial charge is 0.259 e. The molecule has 0 saturated heterocycles. The van der Waals surface area contributed by atoms with E-state index in [4.69, 9.17) is 17.0 Å². The summed E-state index contributed by atoms with van der Waals surface area (Å²) in [6.07, 6.45) is 3.38. The van der Waals surface area contributed by atoms with E-state index >= 15 is 0 Å². The first-order chi connectivity index (χ1) is 8.88. The number of fused-ring (bicyclic) bond motifs is 3. The van der Waals surface area contributed by atoms with Gasteiger partial charge >= 0.3 is 0 Å². The third kappa shape index (κ3) is 2.04. The molecule has 0 aromatic carbocycles. The van der Waals surface area contributed by atoms with Crippen molar-refractivity contribution in [3.05, 3.63) is 20.7 Å². The molecule has 2 aliphatic rings. The van der Waals surface area contributed by atoms with Crippen LogP contribution in [0.15, 0.2) is 4.79 Å². The maximum Gasteiger partial charge on any atom is 0.259 e. The maximum atomic E-state index is 12.2. The number of aromatic amines is 2. The highest BCUT2D eigenvalue weighted by Crippen LogP contribution is 2.50. The van der Waals surface area contributed by atoms with Gasteiger partial charge in [0.2, 0.25) is 5.88 Å². The molecule has 1 fully saturated rings. The van der Waals surface area contributed by atoms with Gasteiger partial charge in [-0.1, -0.05) is 13.3 Å². The SMILES string of the molecule is C[C@H]1CC[C@@H]2[C@@H](C1)c1c([nH]c(=S)[nH]c1=O)OC2(C)C. The van der Waals surface area contributed by atoms with Gasteiger partial charge in [-0.3, -0.25) is 9.78 Å². The second-order valence-corrected chi connectivity index (χ2v) is 6.90. The average Bonchev–Trinajstić information content (AvgIpc) is 2.25. The molecule has 5 heteroatoms. The lowest BCUT2D eigenvalue weighted by atomic mass is 9.65. The third-order valence-electron chi connectivity index (χ3n) is 4.68. The molecule has 1 aliphatic heterocycles. The molecule has 0 unspecified atom stereocenters. The predicted molar refractivity (Wildman–Crippen MR) is 76.2 cm³/mol. The highest BCUT2D eigenvalue weighted by Gasteiger charge is 2.47. The van der Waals surface area contributed by atoms with Gasteiger partial charge in [0.05, 0.1) is 5.56 Å². The Morgan fingerprint density at radius 1 is 1.32 bits per heavy atom. The lowest BCUT2D eigenvalue weighted by Crippen LogP contribution is -2.48. The van der Waals surface area contributed by atoms with Crippen LogP contribution in [0.2, 0.25) is 0 Å².